The summed E-state index contributed by atoms with van der Waals surface area (Å²) in [7, 11) is 0. The molecule has 3 unspecified atom stereocenters. The van der Waals surface area contributed by atoms with E-state index in [-0.39, 0.29) is 51.2 Å². The summed E-state index contributed by atoms with van der Waals surface area (Å²) in [5.41, 5.74) is -0.763. The fourth-order valence-corrected chi connectivity index (χ4v) is 4.13. The van der Waals surface area contributed by atoms with Crippen LogP contribution in [0.1, 0.15) is 60.8 Å². The number of ether oxygens (including phenoxy) is 2. The van der Waals surface area contributed by atoms with Crippen molar-refractivity contribution in [3.8, 4) is 0 Å². The molecular weight excluding hydrogens is 580 g/mol. The lowest BCUT2D eigenvalue weighted by Gasteiger charge is -2.25. The SMILES string of the molecule is CCNC(=O)CNC(=O)C(NC(=O)CNC(=O)C1CCCN1C(=O)CNC(=O)COCOC(C)(C)CC(=O)C(C)C)C(C)O. The van der Waals surface area contributed by atoms with Gasteiger partial charge in [-0.1, -0.05) is 13.8 Å². The van der Waals surface area contributed by atoms with Crippen LogP contribution in [0, 0.1) is 5.92 Å². The predicted octanol–water partition coefficient (Wildman–Crippen LogP) is -2.29. The highest BCUT2D eigenvalue weighted by molar-refractivity contribution is 5.94. The van der Waals surface area contributed by atoms with Crippen molar-refractivity contribution in [1.29, 1.82) is 0 Å². The van der Waals surface area contributed by atoms with Crippen molar-refractivity contribution < 1.29 is 48.1 Å². The molecule has 1 saturated heterocycles. The summed E-state index contributed by atoms with van der Waals surface area (Å²) in [5.74, 6) is -3.72. The summed E-state index contributed by atoms with van der Waals surface area (Å²) >= 11 is 0. The fraction of sp³-hybridized carbons (Fsp3) is 0.750. The third-order valence-electron chi connectivity index (χ3n) is 6.62. The van der Waals surface area contributed by atoms with E-state index in [0.29, 0.717) is 19.4 Å². The Labute approximate surface area is 257 Å². The fourth-order valence-electron chi connectivity index (χ4n) is 4.13. The first-order valence-corrected chi connectivity index (χ1v) is 14.7. The molecular formula is C28H48N6O10. The molecule has 44 heavy (non-hydrogen) atoms. The number of nitrogens with zero attached hydrogens (tertiary/aromatic N) is 1. The van der Waals surface area contributed by atoms with Crippen LogP contribution in [0.2, 0.25) is 0 Å². The van der Waals surface area contributed by atoms with Crippen LogP contribution in [-0.2, 0) is 43.0 Å². The molecule has 1 aliphatic heterocycles. The van der Waals surface area contributed by atoms with Gasteiger partial charge in [0.05, 0.1) is 31.3 Å². The predicted molar refractivity (Wildman–Crippen MR) is 157 cm³/mol. The maximum atomic E-state index is 12.8. The maximum Gasteiger partial charge on any atom is 0.246 e. The van der Waals surface area contributed by atoms with Crippen molar-refractivity contribution in [1.82, 2.24) is 31.5 Å². The van der Waals surface area contributed by atoms with Crippen molar-refractivity contribution in [2.75, 3.05) is 46.1 Å². The Hall–Kier alpha value is -3.63. The molecule has 0 aromatic rings. The Morgan fingerprint density at radius 1 is 0.909 bits per heavy atom. The largest absolute Gasteiger partial charge is 0.391 e. The minimum absolute atomic E-state index is 0.0451. The molecule has 0 aromatic carbocycles. The lowest BCUT2D eigenvalue weighted by Crippen LogP contribution is -2.56. The molecule has 0 aromatic heterocycles. The molecule has 3 atom stereocenters. The van der Waals surface area contributed by atoms with Gasteiger partial charge in [-0.25, -0.2) is 0 Å². The number of ketones is 1. The third kappa shape index (κ3) is 14.2. The minimum atomic E-state index is -1.36. The molecule has 0 spiro atoms. The number of amides is 6. The standard InChI is InChI=1S/C28H48N6O10/c1-7-29-21(37)12-32-27(42)25(18(4)35)33-22(38)13-31-26(41)19-9-8-10-34(19)24(40)14-30-23(39)15-43-16-44-28(5,6)11-20(36)17(2)3/h17-19,25,35H,7-16H2,1-6H3,(H,29,37)(H,30,39)(H,31,41)(H,32,42)(H,33,38). The van der Waals surface area contributed by atoms with Gasteiger partial charge in [0.25, 0.3) is 0 Å². The number of nitrogens with one attached hydrogen (secondary N) is 5. The maximum absolute atomic E-state index is 12.8. The first kappa shape index (κ1) is 38.4. The number of hydrogen-bond donors (Lipinski definition) is 6. The second kappa shape index (κ2) is 18.9. The zero-order chi connectivity index (χ0) is 33.4. The summed E-state index contributed by atoms with van der Waals surface area (Å²) in [6, 6.07) is -2.22. The van der Waals surface area contributed by atoms with Gasteiger partial charge in [0.15, 0.2) is 0 Å². The molecule has 6 N–H and O–H groups in total. The highest BCUT2D eigenvalue weighted by atomic mass is 16.7. The summed E-state index contributed by atoms with van der Waals surface area (Å²) < 4.78 is 10.7. The summed E-state index contributed by atoms with van der Waals surface area (Å²) in [4.78, 5) is 87.1. The number of rotatable bonds is 19. The van der Waals surface area contributed by atoms with Crippen molar-refractivity contribution in [3.63, 3.8) is 0 Å². The van der Waals surface area contributed by atoms with E-state index in [1.807, 2.05) is 0 Å². The lowest BCUT2D eigenvalue weighted by molar-refractivity contribution is -0.153. The van der Waals surface area contributed by atoms with E-state index in [1.54, 1.807) is 34.6 Å². The monoisotopic (exact) mass is 628 g/mol. The second-order valence-electron chi connectivity index (χ2n) is 11.4. The Kier molecular flexibility index (Phi) is 16.5. The average Bonchev–Trinajstić information content (AvgIpc) is 3.44. The normalized spacial score (nSPS) is 16.1. The Morgan fingerprint density at radius 3 is 2.18 bits per heavy atom. The van der Waals surface area contributed by atoms with Gasteiger partial charge in [-0.2, -0.15) is 0 Å². The quantitative estimate of drug-likeness (QED) is 0.0664. The first-order chi connectivity index (χ1) is 20.6. The highest BCUT2D eigenvalue weighted by Gasteiger charge is 2.34. The molecule has 250 valence electrons. The van der Waals surface area contributed by atoms with Gasteiger partial charge in [-0.05, 0) is 40.5 Å². The molecule has 0 bridgehead atoms. The average molecular weight is 629 g/mol. The van der Waals surface area contributed by atoms with E-state index in [2.05, 4.69) is 26.6 Å². The highest BCUT2D eigenvalue weighted by Crippen LogP contribution is 2.18. The van der Waals surface area contributed by atoms with Crippen LogP contribution >= 0.6 is 0 Å². The Morgan fingerprint density at radius 2 is 1.57 bits per heavy atom. The number of hydrogen-bond acceptors (Lipinski definition) is 10. The van der Waals surface area contributed by atoms with Gasteiger partial charge in [-0.15, -0.1) is 0 Å². The van der Waals surface area contributed by atoms with E-state index < -0.39 is 65.8 Å². The molecule has 16 heteroatoms. The number of likely N-dealkylation sites (N-methyl/N-ethyl adjacent to an activating group) is 1. The number of likely N-dealkylation sites (tertiary alicyclic amines) is 1. The molecule has 0 radical (unpaired) electrons. The van der Waals surface area contributed by atoms with Gasteiger partial charge < -0.3 is 46.1 Å². The molecule has 1 fully saturated rings. The zero-order valence-electron chi connectivity index (χ0n) is 26.4. The summed E-state index contributed by atoms with van der Waals surface area (Å²) in [6.07, 6.45) is -0.201. The summed E-state index contributed by atoms with van der Waals surface area (Å²) in [5, 5.41) is 21.9. The van der Waals surface area contributed by atoms with E-state index in [0.717, 1.165) is 0 Å². The summed E-state index contributed by atoms with van der Waals surface area (Å²) in [6.45, 7) is 8.91. The Bertz CT molecular complexity index is 1030. The van der Waals surface area contributed by atoms with Crippen molar-refractivity contribution in [2.45, 2.75) is 84.6 Å². The van der Waals surface area contributed by atoms with E-state index in [1.165, 1.54) is 11.8 Å². The molecule has 16 nitrogen and oxygen atoms in total. The van der Waals surface area contributed by atoms with Crippen LogP contribution in [0.5, 0.6) is 0 Å². The molecule has 6 amide bonds. The number of aliphatic hydroxyl groups excluding tert-OH is 1. The Balaban J connectivity index is 2.47. The van der Waals surface area contributed by atoms with Gasteiger partial charge in [0.1, 0.15) is 31.3 Å². The van der Waals surface area contributed by atoms with Crippen LogP contribution in [0.4, 0.5) is 0 Å². The van der Waals surface area contributed by atoms with Gasteiger partial charge in [0.2, 0.25) is 35.4 Å². The number of aliphatic hydroxyl groups is 1. The van der Waals surface area contributed by atoms with E-state index in [9.17, 15) is 38.7 Å². The zero-order valence-corrected chi connectivity index (χ0v) is 26.4. The van der Waals surface area contributed by atoms with Crippen LogP contribution in [-0.4, -0.2) is 121 Å². The minimum Gasteiger partial charge on any atom is -0.391 e. The molecule has 0 aliphatic carbocycles. The topological polar surface area (TPSA) is 222 Å². The number of carbonyl (C=O) groups is 7. The van der Waals surface area contributed by atoms with E-state index >= 15 is 0 Å². The van der Waals surface area contributed by atoms with Crippen LogP contribution in [0.15, 0.2) is 0 Å². The number of Topliss-reactive ketones (excluding diaryl/α,β-unsaturated/α-hetero) is 1. The molecule has 0 saturated carbocycles. The van der Waals surface area contributed by atoms with E-state index in [4.69, 9.17) is 9.47 Å². The second-order valence-corrected chi connectivity index (χ2v) is 11.4. The van der Waals surface area contributed by atoms with Crippen molar-refractivity contribution >= 4 is 41.2 Å². The van der Waals surface area contributed by atoms with Gasteiger partial charge in [0, 0.05) is 25.4 Å². The van der Waals surface area contributed by atoms with Crippen molar-refractivity contribution in [2.24, 2.45) is 5.92 Å². The van der Waals surface area contributed by atoms with Gasteiger partial charge in [-0.3, -0.25) is 33.6 Å². The molecule has 1 rings (SSSR count). The van der Waals surface area contributed by atoms with Crippen LogP contribution < -0.4 is 26.6 Å². The lowest BCUT2D eigenvalue weighted by atomic mass is 9.96. The first-order valence-electron chi connectivity index (χ1n) is 14.7. The molecule has 1 aliphatic rings. The third-order valence-corrected chi connectivity index (χ3v) is 6.62. The smallest absolute Gasteiger partial charge is 0.246 e. The van der Waals surface area contributed by atoms with Crippen molar-refractivity contribution in [3.05, 3.63) is 0 Å². The number of carbonyl (C=O) groups excluding carboxylic acids is 7. The van der Waals surface area contributed by atoms with Crippen LogP contribution in [0.25, 0.3) is 0 Å². The molecule has 1 heterocycles. The van der Waals surface area contributed by atoms with Crippen LogP contribution in [0.3, 0.4) is 0 Å². The van der Waals surface area contributed by atoms with Gasteiger partial charge >= 0.3 is 0 Å².